The van der Waals surface area contributed by atoms with Crippen molar-refractivity contribution in [2.75, 3.05) is 24.7 Å². The maximum atomic E-state index is 14.2. The summed E-state index contributed by atoms with van der Waals surface area (Å²) < 4.78 is 0. The predicted octanol–water partition coefficient (Wildman–Crippen LogP) is -6.03. The topological polar surface area (TPSA) is 487 Å². The Morgan fingerprint density at radius 1 is 0.581 bits per heavy atom. The molecule has 0 aliphatic carbocycles. The number of carbonyl (C=O) groups is 11. The van der Waals surface area contributed by atoms with Crippen molar-refractivity contribution in [2.45, 2.75) is 127 Å². The van der Waals surface area contributed by atoms with E-state index in [1.54, 1.807) is 27.7 Å². The number of carbonyl (C=O) groups excluding carboxylic acids is 10. The van der Waals surface area contributed by atoms with E-state index in [0.717, 1.165) is 0 Å². The van der Waals surface area contributed by atoms with E-state index in [2.05, 4.69) is 72.8 Å². The summed E-state index contributed by atoms with van der Waals surface area (Å²) in [5.74, 6) is -13.0. The van der Waals surface area contributed by atoms with Gasteiger partial charge in [0, 0.05) is 30.9 Å². The Morgan fingerprint density at radius 2 is 1.05 bits per heavy atom. The number of carboxylic acid groups (broad SMARTS) is 1. The Labute approximate surface area is 438 Å². The lowest BCUT2D eigenvalue weighted by atomic mass is 9.99. The number of benzene rings is 1. The van der Waals surface area contributed by atoms with Crippen LogP contribution >= 0.6 is 25.3 Å². The average Bonchev–Trinajstić information content (AvgIpc) is 3.32. The van der Waals surface area contributed by atoms with Gasteiger partial charge in [0.05, 0.1) is 19.1 Å². The molecular weight excluding hydrogens is 1010 g/mol. The summed E-state index contributed by atoms with van der Waals surface area (Å²) in [4.78, 5) is 149. The molecule has 0 unspecified atom stereocenters. The van der Waals surface area contributed by atoms with Gasteiger partial charge in [-0.05, 0) is 55.2 Å². The van der Waals surface area contributed by atoms with E-state index < -0.39 is 151 Å². The molecule has 1 aromatic rings. The zero-order valence-corrected chi connectivity index (χ0v) is 43.3. The molecule has 30 heteroatoms. The molecule has 0 saturated carbocycles. The van der Waals surface area contributed by atoms with Gasteiger partial charge in [-0.1, -0.05) is 39.8 Å². The minimum atomic E-state index is -1.86. The number of aromatic hydroxyl groups is 1. The smallest absolute Gasteiger partial charge is 0.327 e. The number of rotatable bonds is 34. The second-order valence-electron chi connectivity index (χ2n) is 17.8. The third-order valence-corrected chi connectivity index (χ3v) is 11.4. The first-order chi connectivity index (χ1) is 34.6. The van der Waals surface area contributed by atoms with Gasteiger partial charge in [0.25, 0.3) is 0 Å². The Bertz CT molecular complexity index is 2150. The molecule has 0 fully saturated rings. The molecule has 0 spiro atoms. The van der Waals surface area contributed by atoms with E-state index in [1.807, 2.05) is 0 Å². The lowest BCUT2D eigenvalue weighted by molar-refractivity contribution is -0.142. The van der Waals surface area contributed by atoms with Crippen LogP contribution in [0.1, 0.15) is 71.8 Å². The number of phenolic OH excluding ortho intramolecular Hbond substituents is 1. The van der Waals surface area contributed by atoms with Gasteiger partial charge in [0.15, 0.2) is 5.96 Å². The van der Waals surface area contributed by atoms with E-state index in [1.165, 1.54) is 24.3 Å². The number of aliphatic carboxylic acids is 1. The number of nitrogens with one attached hydrogen (secondary N) is 8. The molecule has 0 bridgehead atoms. The largest absolute Gasteiger partial charge is 0.508 e. The zero-order valence-electron chi connectivity index (χ0n) is 41.5. The van der Waals surface area contributed by atoms with Crippen LogP contribution < -0.4 is 71.2 Å². The number of carboxylic acids is 1. The molecule has 0 radical (unpaired) electrons. The molecule has 0 saturated heterocycles. The molecule has 0 aliphatic heterocycles. The minimum absolute atomic E-state index is 0.00166. The van der Waals surface area contributed by atoms with Gasteiger partial charge in [0.2, 0.25) is 59.1 Å². The van der Waals surface area contributed by atoms with Gasteiger partial charge in [-0.2, -0.15) is 25.3 Å². The molecular formula is C44H72N14O14S2. The third-order valence-electron chi connectivity index (χ3n) is 10.7. The summed E-state index contributed by atoms with van der Waals surface area (Å²) in [6.45, 7) is 5.65. The highest BCUT2D eigenvalue weighted by Gasteiger charge is 2.36. The number of amides is 10. The van der Waals surface area contributed by atoms with Crippen LogP contribution in [0.2, 0.25) is 0 Å². The minimum Gasteiger partial charge on any atom is -0.508 e. The van der Waals surface area contributed by atoms with Crippen LogP contribution in [0.4, 0.5) is 0 Å². The monoisotopic (exact) mass is 1080 g/mol. The molecule has 0 aromatic heterocycles. The SMILES string of the molecule is CC(C)C[C@H](NC(=O)[C@H](CCCN=C(N)N)NC(=O)[C@H](CC(N)=O)NC(=O)[C@H](Cc1ccc(O)cc1)NC(=O)[C@H](CCC(N)=O)NC(=O)[C@H](CO)NC(=O)[C@@H](N)CS)C(=O)N[C@H](C(=O)N[C@@H](CS)C(=O)O)C(C)C. The first-order valence-corrected chi connectivity index (χ1v) is 24.5. The van der Waals surface area contributed by atoms with E-state index in [-0.39, 0.29) is 61.4 Å². The molecule has 10 amide bonds. The zero-order chi connectivity index (χ0) is 56.4. The first-order valence-electron chi connectivity index (χ1n) is 23.3. The van der Waals surface area contributed by atoms with Crippen molar-refractivity contribution in [3.05, 3.63) is 29.8 Å². The summed E-state index contributed by atoms with van der Waals surface area (Å²) in [5.41, 5.74) is 27.7. The van der Waals surface area contributed by atoms with Crippen LogP contribution in [0.3, 0.4) is 0 Å². The van der Waals surface area contributed by atoms with Gasteiger partial charge in [-0.25, -0.2) is 4.79 Å². The van der Waals surface area contributed by atoms with Crippen LogP contribution in [0.25, 0.3) is 0 Å². The lowest BCUT2D eigenvalue weighted by Gasteiger charge is -2.29. The van der Waals surface area contributed by atoms with Gasteiger partial charge in [-0.3, -0.25) is 52.9 Å². The number of hydrogen-bond acceptors (Lipinski definition) is 17. The highest BCUT2D eigenvalue weighted by atomic mass is 32.1. The van der Waals surface area contributed by atoms with Gasteiger partial charge < -0.3 is 86.5 Å². The highest BCUT2D eigenvalue weighted by molar-refractivity contribution is 7.80. The second-order valence-corrected chi connectivity index (χ2v) is 18.5. The lowest BCUT2D eigenvalue weighted by Crippen LogP contribution is -2.61. The molecule has 1 rings (SSSR count). The number of aliphatic hydroxyl groups excluding tert-OH is 1. The van der Waals surface area contributed by atoms with Crippen molar-refractivity contribution in [3.63, 3.8) is 0 Å². The van der Waals surface area contributed by atoms with E-state index >= 15 is 0 Å². The fourth-order valence-electron chi connectivity index (χ4n) is 6.67. The number of nitrogens with zero attached hydrogens (tertiary/aromatic N) is 1. The Kier molecular flexibility index (Phi) is 29.0. The van der Waals surface area contributed by atoms with E-state index in [0.29, 0.717) is 5.56 Å². The quantitative estimate of drug-likeness (QED) is 0.0132. The van der Waals surface area contributed by atoms with Gasteiger partial charge in [-0.15, -0.1) is 0 Å². The number of aliphatic imine (C=N–C) groups is 1. The number of guanidine groups is 1. The number of hydrogen-bond donors (Lipinski definition) is 18. The summed E-state index contributed by atoms with van der Waals surface area (Å²) in [6.07, 6.45) is -2.37. The molecule has 21 N–H and O–H groups in total. The predicted molar refractivity (Wildman–Crippen MR) is 274 cm³/mol. The molecule has 0 aliphatic rings. The van der Waals surface area contributed by atoms with E-state index in [9.17, 15) is 68.1 Å². The van der Waals surface area contributed by atoms with Crippen molar-refractivity contribution >= 4 is 96.3 Å². The molecule has 1 aromatic carbocycles. The first kappa shape index (κ1) is 65.1. The van der Waals surface area contributed by atoms with Crippen molar-refractivity contribution in [1.82, 2.24) is 42.5 Å². The summed E-state index contributed by atoms with van der Waals surface area (Å²) >= 11 is 7.88. The maximum absolute atomic E-state index is 14.2. The molecule has 9 atom stereocenters. The molecule has 414 valence electrons. The van der Waals surface area contributed by atoms with Crippen molar-refractivity contribution in [3.8, 4) is 5.75 Å². The average molecular weight is 1090 g/mol. The summed E-state index contributed by atoms with van der Waals surface area (Å²) in [7, 11) is 0. The Morgan fingerprint density at radius 3 is 1.54 bits per heavy atom. The molecule has 28 nitrogen and oxygen atoms in total. The van der Waals surface area contributed by atoms with E-state index in [4.69, 9.17) is 28.7 Å². The van der Waals surface area contributed by atoms with Crippen molar-refractivity contribution < 1.29 is 68.1 Å². The van der Waals surface area contributed by atoms with Crippen LogP contribution in [0, 0.1) is 11.8 Å². The number of primary amides is 2. The fourth-order valence-corrected chi connectivity index (χ4v) is 7.08. The van der Waals surface area contributed by atoms with Crippen LogP contribution in [0.15, 0.2) is 29.3 Å². The maximum Gasteiger partial charge on any atom is 0.327 e. The highest BCUT2D eigenvalue weighted by Crippen LogP contribution is 2.14. The fraction of sp³-hybridized carbons (Fsp3) is 0.591. The van der Waals surface area contributed by atoms with Crippen molar-refractivity contribution in [2.24, 2.45) is 45.5 Å². The van der Waals surface area contributed by atoms with Gasteiger partial charge >= 0.3 is 5.97 Å². The van der Waals surface area contributed by atoms with Crippen molar-refractivity contribution in [1.29, 1.82) is 0 Å². The van der Waals surface area contributed by atoms with Crippen LogP contribution in [-0.2, 0) is 59.2 Å². The number of aliphatic hydroxyl groups is 1. The number of thiol groups is 2. The second kappa shape index (κ2) is 33.0. The number of phenols is 1. The number of nitrogens with two attached hydrogens (primary N) is 5. The molecule has 0 heterocycles. The third kappa shape index (κ3) is 24.2. The Hall–Kier alpha value is -6.92. The van der Waals surface area contributed by atoms with Crippen LogP contribution in [0.5, 0.6) is 5.75 Å². The molecule has 74 heavy (non-hydrogen) atoms. The summed E-state index contributed by atoms with van der Waals surface area (Å²) in [5, 5.41) is 48.4. The normalized spacial score (nSPS) is 14.7. The summed E-state index contributed by atoms with van der Waals surface area (Å²) in [6, 6.07) is -8.24. The van der Waals surface area contributed by atoms with Gasteiger partial charge in [0.1, 0.15) is 54.1 Å². The Balaban J connectivity index is 3.67. The van der Waals surface area contributed by atoms with Crippen LogP contribution in [-0.4, -0.2) is 165 Å². The standard InChI is InChI=1S/C44H72N14O14S2/c1-20(2)14-27(40(68)58-34(21(3)4)42(70)57-31(19-74)43(71)72)53-36(64)25(6-5-13-50-44(48)49)51-39(67)29(16-33(47)62)55-38(66)28(15-22-7-9-23(60)10-8-22)54-37(65)26(11-12-32(46)61)52-41(69)30(17-59)56-35(63)24(45)18-73/h7-10,20-21,24-31,34,59-60,73-74H,5-6,11-19,45H2,1-4H3,(H2,46,61)(H2,47,62)(H,51,67)(H,52,69)(H,53,64)(H,54,65)(H,55,66)(H,56,63)(H,57,70)(H,58,68)(H,71,72)(H4,48,49,50)/t24-,25-,26-,27-,28-,29-,30-,31-,34-/m0/s1.